The van der Waals surface area contributed by atoms with Gasteiger partial charge in [-0.3, -0.25) is 9.79 Å². The maximum atomic E-state index is 11.6. The molecule has 150 valence electrons. The van der Waals surface area contributed by atoms with E-state index in [0.29, 0.717) is 19.2 Å². The van der Waals surface area contributed by atoms with Crippen molar-refractivity contribution in [1.29, 1.82) is 0 Å². The predicted octanol–water partition coefficient (Wildman–Crippen LogP) is 2.59. The first-order chi connectivity index (χ1) is 12.8. The Balaban J connectivity index is 1.46. The average Bonchev–Trinajstić information content (AvgIpc) is 3.50. The maximum Gasteiger partial charge on any atom is 0.223 e. The first-order valence-corrected chi connectivity index (χ1v) is 10.7. The van der Waals surface area contributed by atoms with Gasteiger partial charge < -0.3 is 20.7 Å². The molecule has 1 amide bonds. The fourth-order valence-electron chi connectivity index (χ4n) is 3.26. The minimum Gasteiger partial charge on any atom is -0.378 e. The Bertz CT molecular complexity index is 418. The summed E-state index contributed by atoms with van der Waals surface area (Å²) in [5.41, 5.74) is 0. The normalized spacial score (nSPS) is 18.6. The standard InChI is InChI=1S/C20H38N4O2/c1-2-21-20(24-15-14-22-19(25)17-11-12-17)23-13-7-4-8-16-26-18-9-5-3-6-10-18/h17-18H,2-16H2,1H3,(H,22,25)(H2,21,23,24). The Morgan fingerprint density at radius 2 is 1.73 bits per heavy atom. The summed E-state index contributed by atoms with van der Waals surface area (Å²) in [4.78, 5) is 16.2. The van der Waals surface area contributed by atoms with Crippen LogP contribution in [0, 0.1) is 5.92 Å². The molecule has 3 N–H and O–H groups in total. The van der Waals surface area contributed by atoms with Crippen molar-refractivity contribution in [2.75, 3.05) is 32.8 Å². The molecule has 2 aliphatic rings. The molecular weight excluding hydrogens is 328 g/mol. The number of amides is 1. The Morgan fingerprint density at radius 1 is 0.962 bits per heavy atom. The summed E-state index contributed by atoms with van der Waals surface area (Å²) in [6.45, 7) is 5.99. The first-order valence-electron chi connectivity index (χ1n) is 10.7. The van der Waals surface area contributed by atoms with E-state index < -0.39 is 0 Å². The monoisotopic (exact) mass is 366 g/mol. The lowest BCUT2D eigenvalue weighted by molar-refractivity contribution is -0.122. The minimum absolute atomic E-state index is 0.198. The lowest BCUT2D eigenvalue weighted by Gasteiger charge is -2.21. The lowest BCUT2D eigenvalue weighted by Crippen LogP contribution is -2.41. The number of carbonyl (C=O) groups excluding carboxylic acids is 1. The van der Waals surface area contributed by atoms with Gasteiger partial charge in [-0.15, -0.1) is 0 Å². The number of nitrogens with zero attached hydrogens (tertiary/aromatic N) is 1. The highest BCUT2D eigenvalue weighted by Crippen LogP contribution is 2.28. The van der Waals surface area contributed by atoms with Gasteiger partial charge in [-0.2, -0.15) is 0 Å². The molecule has 0 aliphatic heterocycles. The number of unbranched alkanes of at least 4 members (excludes halogenated alkanes) is 2. The molecule has 0 bridgehead atoms. The van der Waals surface area contributed by atoms with Gasteiger partial charge in [0.15, 0.2) is 5.96 Å². The topological polar surface area (TPSA) is 74.8 Å². The van der Waals surface area contributed by atoms with Crippen LogP contribution in [0.25, 0.3) is 0 Å². The molecule has 0 aromatic rings. The van der Waals surface area contributed by atoms with Crippen molar-refractivity contribution in [3.8, 4) is 0 Å². The third-order valence-corrected chi connectivity index (χ3v) is 4.99. The van der Waals surface area contributed by atoms with E-state index in [-0.39, 0.29) is 11.8 Å². The smallest absolute Gasteiger partial charge is 0.223 e. The molecule has 6 nitrogen and oxygen atoms in total. The number of ether oxygens (including phenoxy) is 1. The zero-order valence-electron chi connectivity index (χ0n) is 16.5. The molecule has 0 atom stereocenters. The van der Waals surface area contributed by atoms with Gasteiger partial charge >= 0.3 is 0 Å². The molecule has 0 aromatic carbocycles. The molecule has 26 heavy (non-hydrogen) atoms. The molecule has 0 saturated heterocycles. The quantitative estimate of drug-likeness (QED) is 0.282. The van der Waals surface area contributed by atoms with Crippen LogP contribution in [-0.2, 0) is 9.53 Å². The highest BCUT2D eigenvalue weighted by atomic mass is 16.5. The van der Waals surface area contributed by atoms with E-state index in [1.807, 2.05) is 0 Å². The average molecular weight is 367 g/mol. The molecule has 2 fully saturated rings. The highest BCUT2D eigenvalue weighted by molar-refractivity contribution is 5.81. The number of aliphatic imine (C=N–C) groups is 1. The van der Waals surface area contributed by atoms with Crippen molar-refractivity contribution in [1.82, 2.24) is 16.0 Å². The second-order valence-corrected chi connectivity index (χ2v) is 7.44. The Morgan fingerprint density at radius 3 is 2.46 bits per heavy atom. The predicted molar refractivity (Wildman–Crippen MR) is 106 cm³/mol. The number of rotatable bonds is 12. The number of hydrogen-bond donors (Lipinski definition) is 3. The fourth-order valence-corrected chi connectivity index (χ4v) is 3.26. The number of hydrogen-bond acceptors (Lipinski definition) is 3. The summed E-state index contributed by atoms with van der Waals surface area (Å²) in [7, 11) is 0. The second-order valence-electron chi connectivity index (χ2n) is 7.44. The summed E-state index contributed by atoms with van der Waals surface area (Å²) in [6.07, 6.45) is 12.6. The van der Waals surface area contributed by atoms with Gasteiger partial charge in [0.25, 0.3) is 0 Å². The van der Waals surface area contributed by atoms with Crippen molar-refractivity contribution < 1.29 is 9.53 Å². The summed E-state index contributed by atoms with van der Waals surface area (Å²) in [5.74, 6) is 1.31. The van der Waals surface area contributed by atoms with Gasteiger partial charge in [-0.25, -0.2) is 0 Å². The van der Waals surface area contributed by atoms with E-state index in [9.17, 15) is 4.79 Å². The maximum absolute atomic E-state index is 11.6. The molecule has 2 saturated carbocycles. The molecule has 0 heterocycles. The number of guanidine groups is 1. The van der Waals surface area contributed by atoms with Crippen LogP contribution in [0.1, 0.15) is 71.1 Å². The zero-order valence-corrected chi connectivity index (χ0v) is 16.5. The molecule has 6 heteroatoms. The van der Waals surface area contributed by atoms with E-state index in [4.69, 9.17) is 4.74 Å². The Kier molecular flexibility index (Phi) is 10.5. The van der Waals surface area contributed by atoms with Crippen molar-refractivity contribution >= 4 is 11.9 Å². The van der Waals surface area contributed by atoms with Gasteiger partial charge in [0.2, 0.25) is 5.91 Å². The number of nitrogens with one attached hydrogen (secondary N) is 3. The van der Waals surface area contributed by atoms with E-state index in [2.05, 4.69) is 27.9 Å². The summed E-state index contributed by atoms with van der Waals surface area (Å²) >= 11 is 0. The van der Waals surface area contributed by atoms with Gasteiger partial charge in [0.05, 0.1) is 6.10 Å². The first kappa shape index (κ1) is 21.0. The van der Waals surface area contributed by atoms with Crippen LogP contribution < -0.4 is 16.0 Å². The van der Waals surface area contributed by atoms with E-state index in [0.717, 1.165) is 57.8 Å². The number of carbonyl (C=O) groups is 1. The van der Waals surface area contributed by atoms with Gasteiger partial charge in [0.1, 0.15) is 0 Å². The molecule has 0 unspecified atom stereocenters. The molecule has 0 spiro atoms. The van der Waals surface area contributed by atoms with Crippen LogP contribution >= 0.6 is 0 Å². The molecular formula is C20H38N4O2. The molecule has 0 radical (unpaired) electrons. The van der Waals surface area contributed by atoms with Crippen LogP contribution in [0.3, 0.4) is 0 Å². The van der Waals surface area contributed by atoms with E-state index in [1.54, 1.807) is 0 Å². The second kappa shape index (κ2) is 13.0. The van der Waals surface area contributed by atoms with Crippen molar-refractivity contribution in [2.24, 2.45) is 10.9 Å². The van der Waals surface area contributed by atoms with Gasteiger partial charge in [0, 0.05) is 38.7 Å². The summed E-state index contributed by atoms with van der Waals surface area (Å²) < 4.78 is 5.96. The van der Waals surface area contributed by atoms with Crippen LogP contribution in [0.4, 0.5) is 0 Å². The summed E-state index contributed by atoms with van der Waals surface area (Å²) in [6, 6.07) is 0. The van der Waals surface area contributed by atoms with Crippen molar-refractivity contribution in [3.63, 3.8) is 0 Å². The van der Waals surface area contributed by atoms with Crippen LogP contribution in [0.5, 0.6) is 0 Å². The van der Waals surface area contributed by atoms with Gasteiger partial charge in [-0.05, 0) is 51.9 Å². The van der Waals surface area contributed by atoms with Crippen LogP contribution in [0.15, 0.2) is 4.99 Å². The highest BCUT2D eigenvalue weighted by Gasteiger charge is 2.28. The van der Waals surface area contributed by atoms with E-state index in [1.165, 1.54) is 32.1 Å². The van der Waals surface area contributed by atoms with Crippen molar-refractivity contribution in [2.45, 2.75) is 77.2 Å². The molecule has 2 aliphatic carbocycles. The van der Waals surface area contributed by atoms with Gasteiger partial charge in [-0.1, -0.05) is 19.3 Å². The third kappa shape index (κ3) is 9.41. The van der Waals surface area contributed by atoms with Crippen LogP contribution in [0.2, 0.25) is 0 Å². The largest absolute Gasteiger partial charge is 0.378 e. The van der Waals surface area contributed by atoms with Crippen LogP contribution in [-0.4, -0.2) is 50.8 Å². The lowest BCUT2D eigenvalue weighted by atomic mass is 9.98. The Hall–Kier alpha value is -1.30. The van der Waals surface area contributed by atoms with E-state index >= 15 is 0 Å². The fraction of sp³-hybridized carbons (Fsp3) is 0.900. The third-order valence-electron chi connectivity index (χ3n) is 4.99. The minimum atomic E-state index is 0.198. The zero-order chi connectivity index (χ0) is 18.5. The molecule has 0 aromatic heterocycles. The molecule has 2 rings (SSSR count). The SMILES string of the molecule is CCNC(=NCCCCCOC1CCCCC1)NCCNC(=O)C1CC1. The summed E-state index contributed by atoms with van der Waals surface area (Å²) in [5, 5.41) is 9.49. The van der Waals surface area contributed by atoms with Crippen molar-refractivity contribution in [3.05, 3.63) is 0 Å². The Labute approximate surface area is 158 Å².